The fourth-order valence-corrected chi connectivity index (χ4v) is 4.92. The molecule has 4 saturated heterocycles. The van der Waals surface area contributed by atoms with Crippen molar-refractivity contribution in [1.29, 1.82) is 0 Å². The molecule has 39 heavy (non-hydrogen) atoms. The lowest BCUT2D eigenvalue weighted by atomic mass is 10.0. The van der Waals surface area contributed by atoms with E-state index < -0.39 is 98.4 Å². The summed E-state index contributed by atoms with van der Waals surface area (Å²) < 4.78 is 48.1. The van der Waals surface area contributed by atoms with Gasteiger partial charge in [0, 0.05) is 14.2 Å². The monoisotopic (exact) mass is 574 g/mol. The summed E-state index contributed by atoms with van der Waals surface area (Å²) in [5.41, 5.74) is 0. The predicted octanol–water partition coefficient (Wildman–Crippen LogP) is -5.88. The number of hydrogen-bond donors (Lipinski definition) is 8. The van der Waals surface area contributed by atoms with Crippen molar-refractivity contribution in [1.82, 2.24) is 0 Å². The highest BCUT2D eigenvalue weighted by molar-refractivity contribution is 4.92. The third kappa shape index (κ3) is 6.71. The Kier molecular flexibility index (Phi) is 10.8. The number of hydrogen-bond acceptors (Lipinski definition) is 17. The lowest BCUT2D eigenvalue weighted by molar-refractivity contribution is -0.366. The van der Waals surface area contributed by atoms with Gasteiger partial charge in [0.15, 0.2) is 25.2 Å². The fraction of sp³-hybridized carbons (Fsp3) is 1.00. The maximum atomic E-state index is 10.9. The lowest BCUT2D eigenvalue weighted by Crippen LogP contribution is -2.63. The molecule has 0 saturated carbocycles. The maximum absolute atomic E-state index is 10.9. The molecule has 0 radical (unpaired) electrons. The van der Waals surface area contributed by atoms with Gasteiger partial charge in [-0.05, 0) is 0 Å². The first-order chi connectivity index (χ1) is 18.6. The molecule has 4 aliphatic heterocycles. The van der Waals surface area contributed by atoms with E-state index >= 15 is 0 Å². The van der Waals surface area contributed by atoms with Crippen LogP contribution < -0.4 is 0 Å². The molecule has 0 aliphatic carbocycles. The quantitative estimate of drug-likeness (QED) is 0.134. The topological polar surface area (TPSA) is 245 Å². The molecular formula is C22H38O17. The molecule has 0 aromatic rings. The Morgan fingerprint density at radius 2 is 0.692 bits per heavy atom. The van der Waals surface area contributed by atoms with E-state index in [9.17, 15) is 40.9 Å². The molecule has 0 bridgehead atoms. The largest absolute Gasteiger partial charge is 0.388 e. The van der Waals surface area contributed by atoms with E-state index in [4.69, 9.17) is 42.6 Å². The Morgan fingerprint density at radius 1 is 0.410 bits per heavy atom. The van der Waals surface area contributed by atoms with Crippen LogP contribution in [0.15, 0.2) is 0 Å². The number of rotatable bonds is 8. The molecule has 17 heteroatoms. The molecule has 0 aromatic carbocycles. The zero-order valence-electron chi connectivity index (χ0n) is 21.3. The maximum Gasteiger partial charge on any atom is 0.186 e. The van der Waals surface area contributed by atoms with Crippen LogP contribution in [0, 0.1) is 0 Å². The fourth-order valence-electron chi connectivity index (χ4n) is 4.92. The van der Waals surface area contributed by atoms with Crippen LogP contribution in [0.2, 0.25) is 0 Å². The summed E-state index contributed by atoms with van der Waals surface area (Å²) >= 11 is 0. The van der Waals surface area contributed by atoms with E-state index in [0.29, 0.717) is 0 Å². The predicted molar refractivity (Wildman–Crippen MR) is 119 cm³/mol. The van der Waals surface area contributed by atoms with Crippen LogP contribution >= 0.6 is 0 Å². The van der Waals surface area contributed by atoms with Crippen molar-refractivity contribution in [2.45, 2.75) is 98.4 Å². The molecule has 0 spiro atoms. The van der Waals surface area contributed by atoms with Crippen LogP contribution in [0.1, 0.15) is 0 Å². The highest BCUT2D eigenvalue weighted by Gasteiger charge is 2.51. The van der Waals surface area contributed by atoms with E-state index in [0.717, 1.165) is 0 Å². The molecule has 17 nitrogen and oxygen atoms in total. The molecule has 8 N–H and O–H groups in total. The lowest BCUT2D eigenvalue weighted by Gasteiger charge is -2.45. The third-order valence-electron chi connectivity index (χ3n) is 7.08. The minimum atomic E-state index is -1.69. The average molecular weight is 575 g/mol. The first-order valence-corrected chi connectivity index (χ1v) is 12.5. The Balaban J connectivity index is 1.39. The molecule has 228 valence electrons. The number of ether oxygens (including phenoxy) is 9. The summed E-state index contributed by atoms with van der Waals surface area (Å²) in [5.74, 6) is 0. The van der Waals surface area contributed by atoms with Crippen molar-refractivity contribution in [3.63, 3.8) is 0 Å². The Morgan fingerprint density at radius 3 is 1.03 bits per heavy atom. The van der Waals surface area contributed by atoms with Crippen LogP contribution in [0.5, 0.6) is 0 Å². The highest BCUT2D eigenvalue weighted by Crippen LogP contribution is 2.30. The van der Waals surface area contributed by atoms with Gasteiger partial charge in [-0.15, -0.1) is 0 Å². The van der Waals surface area contributed by atoms with Crippen LogP contribution in [-0.4, -0.2) is 180 Å². The van der Waals surface area contributed by atoms with Crippen molar-refractivity contribution in [3.8, 4) is 0 Å². The summed E-state index contributed by atoms with van der Waals surface area (Å²) in [7, 11) is 2.57. The van der Waals surface area contributed by atoms with Gasteiger partial charge in [0.25, 0.3) is 0 Å². The van der Waals surface area contributed by atoms with Crippen LogP contribution in [0.4, 0.5) is 0 Å². The Bertz CT molecular complexity index is 762. The van der Waals surface area contributed by atoms with E-state index in [-0.39, 0.29) is 26.4 Å². The van der Waals surface area contributed by atoms with Gasteiger partial charge in [-0.2, -0.15) is 0 Å². The second-order valence-corrected chi connectivity index (χ2v) is 9.78. The smallest absolute Gasteiger partial charge is 0.186 e. The Labute approximate surface area is 223 Å². The van der Waals surface area contributed by atoms with Gasteiger partial charge >= 0.3 is 0 Å². The molecular weight excluding hydrogens is 536 g/mol. The van der Waals surface area contributed by atoms with Crippen molar-refractivity contribution in [3.05, 3.63) is 0 Å². The third-order valence-corrected chi connectivity index (χ3v) is 7.08. The van der Waals surface area contributed by atoms with Crippen LogP contribution in [-0.2, 0) is 42.6 Å². The molecule has 8 unspecified atom stereocenters. The SMILES string of the molecule is COC1C(O)[C@H](OC2C(O)[C@H](OC3C(O)[C@H](OC4C(O)[C@H](OC)OC[C@H]4O)OC[C@H]3O)OC[C@H]2O)OC[C@H]1O. The van der Waals surface area contributed by atoms with Gasteiger partial charge in [-0.3, -0.25) is 0 Å². The summed E-state index contributed by atoms with van der Waals surface area (Å²) in [4.78, 5) is 0. The molecule has 0 amide bonds. The summed E-state index contributed by atoms with van der Waals surface area (Å²) in [5, 5.41) is 83.5. The average Bonchev–Trinajstić information content (AvgIpc) is 2.90. The van der Waals surface area contributed by atoms with Gasteiger partial charge in [0.2, 0.25) is 0 Å². The summed E-state index contributed by atoms with van der Waals surface area (Å²) in [6, 6.07) is 0. The molecule has 0 aromatic heterocycles. The normalized spacial score (nSPS) is 51.5. The minimum absolute atomic E-state index is 0.221. The van der Waals surface area contributed by atoms with Gasteiger partial charge in [0.1, 0.15) is 73.2 Å². The molecule has 16 atom stereocenters. The second-order valence-electron chi connectivity index (χ2n) is 9.78. The number of aliphatic hydroxyl groups is 8. The van der Waals surface area contributed by atoms with E-state index in [2.05, 4.69) is 0 Å². The first kappa shape index (κ1) is 31.3. The molecule has 4 aliphatic rings. The number of aliphatic hydroxyl groups excluding tert-OH is 8. The molecule has 4 fully saturated rings. The standard InChI is InChI=1S/C22H38O17/c1-31-15-7(23)3-34-20(11(15)27)38-17-9(25)5-36-22(13(17)29)39-18-10(26)6-35-21(14(18)30)37-16-8(24)4-33-19(32-2)12(16)28/h7-30H,3-6H2,1-2H3/t7-,8-,9-,10-,11?,12?,13?,14?,15?,16?,17?,18?,19-,20+,21+,22+/m1/s1. The second kappa shape index (κ2) is 13.5. The zero-order valence-corrected chi connectivity index (χ0v) is 21.3. The van der Waals surface area contributed by atoms with Gasteiger partial charge in [0.05, 0.1) is 26.4 Å². The van der Waals surface area contributed by atoms with Crippen molar-refractivity contribution in [2.24, 2.45) is 0 Å². The van der Waals surface area contributed by atoms with Gasteiger partial charge in [-0.1, -0.05) is 0 Å². The molecule has 4 rings (SSSR count). The van der Waals surface area contributed by atoms with E-state index in [1.165, 1.54) is 14.2 Å². The minimum Gasteiger partial charge on any atom is -0.388 e. The summed E-state index contributed by atoms with van der Waals surface area (Å²) in [6.07, 6.45) is -22.1. The van der Waals surface area contributed by atoms with Gasteiger partial charge in [-0.25, -0.2) is 0 Å². The zero-order chi connectivity index (χ0) is 28.4. The Hall–Kier alpha value is -0.680. The van der Waals surface area contributed by atoms with Crippen molar-refractivity contribution in [2.75, 3.05) is 40.6 Å². The molecule has 4 heterocycles. The van der Waals surface area contributed by atoms with E-state index in [1.54, 1.807) is 0 Å². The van der Waals surface area contributed by atoms with Crippen molar-refractivity contribution < 1.29 is 83.5 Å². The van der Waals surface area contributed by atoms with Crippen molar-refractivity contribution >= 4 is 0 Å². The van der Waals surface area contributed by atoms with Gasteiger partial charge < -0.3 is 83.5 Å². The van der Waals surface area contributed by atoms with Crippen LogP contribution in [0.3, 0.4) is 0 Å². The first-order valence-electron chi connectivity index (χ1n) is 12.5. The van der Waals surface area contributed by atoms with E-state index in [1.807, 2.05) is 0 Å². The number of methoxy groups -OCH3 is 2. The summed E-state index contributed by atoms with van der Waals surface area (Å²) in [6.45, 7) is -1.23. The van der Waals surface area contributed by atoms with Crippen LogP contribution in [0.25, 0.3) is 0 Å². The highest BCUT2D eigenvalue weighted by atomic mass is 16.8.